The number of hydrogen-bond donors (Lipinski definition) is 0. The molecule has 0 saturated carbocycles. The van der Waals surface area contributed by atoms with E-state index in [0.717, 1.165) is 11.3 Å². The third kappa shape index (κ3) is 4.60. The Morgan fingerprint density at radius 2 is 1.52 bits per heavy atom. The van der Waals surface area contributed by atoms with Crippen LogP contribution in [-0.2, 0) is 10.0 Å². The first-order chi connectivity index (χ1) is 11.9. The second-order valence-electron chi connectivity index (χ2n) is 5.76. The van der Waals surface area contributed by atoms with E-state index in [-0.39, 0.29) is 5.82 Å². The molecule has 1 fully saturated rings. The molecular formula is C18H18ClFN2O2S. The van der Waals surface area contributed by atoms with Gasteiger partial charge in [-0.1, -0.05) is 23.7 Å². The number of anilines is 1. The second-order valence-corrected chi connectivity index (χ2v) is 8.02. The number of sulfonamides is 1. The average Bonchev–Trinajstić information content (AvgIpc) is 2.62. The fourth-order valence-corrected chi connectivity index (χ4v) is 3.98. The van der Waals surface area contributed by atoms with Crippen LogP contribution in [0.1, 0.15) is 5.56 Å². The van der Waals surface area contributed by atoms with E-state index in [9.17, 15) is 12.8 Å². The summed E-state index contributed by atoms with van der Waals surface area (Å²) < 4.78 is 39.4. The lowest BCUT2D eigenvalue weighted by Crippen LogP contribution is -2.48. The van der Waals surface area contributed by atoms with Gasteiger partial charge in [0.2, 0.25) is 10.0 Å². The van der Waals surface area contributed by atoms with E-state index in [0.29, 0.717) is 31.2 Å². The van der Waals surface area contributed by atoms with Crippen molar-refractivity contribution in [2.45, 2.75) is 0 Å². The predicted molar refractivity (Wildman–Crippen MR) is 99.6 cm³/mol. The minimum Gasteiger partial charge on any atom is -0.369 e. The molecule has 0 aromatic heterocycles. The Morgan fingerprint density at radius 1 is 0.920 bits per heavy atom. The Kier molecular flexibility index (Phi) is 5.42. The zero-order chi connectivity index (χ0) is 17.9. The van der Waals surface area contributed by atoms with Crippen LogP contribution in [0.3, 0.4) is 0 Å². The van der Waals surface area contributed by atoms with Gasteiger partial charge in [0.1, 0.15) is 5.82 Å². The summed E-state index contributed by atoms with van der Waals surface area (Å²) in [5.74, 6) is -0.280. The Labute approximate surface area is 152 Å². The van der Waals surface area contributed by atoms with Gasteiger partial charge in [0.25, 0.3) is 0 Å². The molecule has 1 aliphatic rings. The summed E-state index contributed by atoms with van der Waals surface area (Å²) in [6, 6.07) is 13.2. The Hall–Kier alpha value is -1.89. The van der Waals surface area contributed by atoms with Crippen LogP contribution in [0.25, 0.3) is 6.08 Å². The number of halogens is 2. The van der Waals surface area contributed by atoms with E-state index in [1.807, 2.05) is 4.90 Å². The molecule has 0 amide bonds. The highest BCUT2D eigenvalue weighted by atomic mass is 35.5. The zero-order valence-corrected chi connectivity index (χ0v) is 15.0. The molecule has 2 aromatic rings. The molecule has 0 bridgehead atoms. The predicted octanol–water partition coefficient (Wildman–Crippen LogP) is 3.60. The van der Waals surface area contributed by atoms with E-state index >= 15 is 0 Å². The largest absolute Gasteiger partial charge is 0.369 e. The molecule has 0 N–H and O–H groups in total. The SMILES string of the molecule is O=S(=O)(/C=C/c1ccc(Cl)cc1)N1CCN(c2ccc(F)cc2)CC1. The highest BCUT2D eigenvalue weighted by Crippen LogP contribution is 2.19. The lowest BCUT2D eigenvalue weighted by molar-refractivity contribution is 0.390. The van der Waals surface area contributed by atoms with Crippen molar-refractivity contribution in [3.63, 3.8) is 0 Å². The number of piperazine rings is 1. The van der Waals surface area contributed by atoms with Crippen molar-refractivity contribution in [2.75, 3.05) is 31.1 Å². The molecule has 25 heavy (non-hydrogen) atoms. The zero-order valence-electron chi connectivity index (χ0n) is 13.5. The smallest absolute Gasteiger partial charge is 0.236 e. The van der Waals surface area contributed by atoms with Gasteiger partial charge in [-0.2, -0.15) is 4.31 Å². The molecule has 3 rings (SSSR count). The Bertz CT molecular complexity index is 844. The van der Waals surface area contributed by atoms with Crippen LogP contribution >= 0.6 is 11.6 Å². The van der Waals surface area contributed by atoms with Gasteiger partial charge in [-0.3, -0.25) is 0 Å². The third-order valence-corrected chi connectivity index (χ3v) is 5.91. The van der Waals surface area contributed by atoms with Gasteiger partial charge >= 0.3 is 0 Å². The topological polar surface area (TPSA) is 40.6 Å². The van der Waals surface area contributed by atoms with Crippen LogP contribution in [-0.4, -0.2) is 38.9 Å². The van der Waals surface area contributed by atoms with Crippen molar-refractivity contribution in [2.24, 2.45) is 0 Å². The maximum atomic E-state index is 13.0. The van der Waals surface area contributed by atoms with E-state index in [4.69, 9.17) is 11.6 Å². The van der Waals surface area contributed by atoms with Crippen LogP contribution in [0, 0.1) is 5.82 Å². The lowest BCUT2D eigenvalue weighted by Gasteiger charge is -2.34. The van der Waals surface area contributed by atoms with Crippen molar-refractivity contribution < 1.29 is 12.8 Å². The van der Waals surface area contributed by atoms with Crippen LogP contribution in [0.4, 0.5) is 10.1 Å². The van der Waals surface area contributed by atoms with Crippen molar-refractivity contribution >= 4 is 33.4 Å². The molecule has 0 spiro atoms. The summed E-state index contributed by atoms with van der Waals surface area (Å²) in [5, 5.41) is 1.83. The fourth-order valence-electron chi connectivity index (χ4n) is 2.68. The van der Waals surface area contributed by atoms with Crippen molar-refractivity contribution in [3.8, 4) is 0 Å². The molecule has 7 heteroatoms. The van der Waals surface area contributed by atoms with Crippen LogP contribution in [0.2, 0.25) is 5.02 Å². The first-order valence-electron chi connectivity index (χ1n) is 7.88. The second kappa shape index (κ2) is 7.56. The summed E-state index contributed by atoms with van der Waals surface area (Å²) in [6.45, 7) is 1.93. The molecule has 1 saturated heterocycles. The minimum atomic E-state index is -3.47. The third-order valence-electron chi connectivity index (χ3n) is 4.09. The summed E-state index contributed by atoms with van der Waals surface area (Å²) >= 11 is 5.82. The molecule has 2 aromatic carbocycles. The molecule has 0 atom stereocenters. The number of rotatable bonds is 4. The first-order valence-corrected chi connectivity index (χ1v) is 9.76. The molecule has 132 valence electrons. The number of hydrogen-bond acceptors (Lipinski definition) is 3. The Balaban J connectivity index is 1.63. The average molecular weight is 381 g/mol. The number of benzene rings is 2. The molecule has 0 radical (unpaired) electrons. The van der Waals surface area contributed by atoms with Crippen molar-refractivity contribution in [1.29, 1.82) is 0 Å². The van der Waals surface area contributed by atoms with Gasteiger partial charge in [0.05, 0.1) is 0 Å². The van der Waals surface area contributed by atoms with Crippen LogP contribution in [0.15, 0.2) is 53.9 Å². The molecule has 1 aliphatic heterocycles. The van der Waals surface area contributed by atoms with Gasteiger partial charge in [-0.25, -0.2) is 12.8 Å². The lowest BCUT2D eigenvalue weighted by atomic mass is 10.2. The van der Waals surface area contributed by atoms with Gasteiger partial charge < -0.3 is 4.90 Å². The van der Waals surface area contributed by atoms with Crippen molar-refractivity contribution in [3.05, 3.63) is 70.3 Å². The first kappa shape index (κ1) is 17.9. The summed E-state index contributed by atoms with van der Waals surface area (Å²) in [6.07, 6.45) is 1.57. The monoisotopic (exact) mass is 380 g/mol. The quantitative estimate of drug-likeness (QED) is 0.813. The standard InChI is InChI=1S/C18H18ClFN2O2S/c19-16-3-1-15(2-4-16)9-14-25(23,24)22-12-10-21(11-13-22)18-7-5-17(20)6-8-18/h1-9,14H,10-13H2/b14-9+. The molecule has 1 heterocycles. The van der Waals surface area contributed by atoms with Gasteiger partial charge in [0.15, 0.2) is 0 Å². The fraction of sp³-hybridized carbons (Fsp3) is 0.222. The van der Waals surface area contributed by atoms with E-state index < -0.39 is 10.0 Å². The number of nitrogens with zero attached hydrogens (tertiary/aromatic N) is 2. The summed E-state index contributed by atoms with van der Waals surface area (Å²) in [7, 11) is -3.47. The maximum Gasteiger partial charge on any atom is 0.236 e. The summed E-state index contributed by atoms with van der Waals surface area (Å²) in [5.41, 5.74) is 1.67. The van der Waals surface area contributed by atoms with Gasteiger partial charge in [-0.05, 0) is 48.0 Å². The normalized spacial score (nSPS) is 16.5. The minimum absolute atomic E-state index is 0.280. The van der Waals surface area contributed by atoms with E-state index in [2.05, 4.69) is 0 Å². The van der Waals surface area contributed by atoms with Crippen LogP contribution in [0.5, 0.6) is 0 Å². The van der Waals surface area contributed by atoms with Crippen molar-refractivity contribution in [1.82, 2.24) is 4.31 Å². The Morgan fingerprint density at radius 3 is 2.12 bits per heavy atom. The molecular weight excluding hydrogens is 363 g/mol. The van der Waals surface area contributed by atoms with E-state index in [1.54, 1.807) is 42.5 Å². The molecule has 0 aliphatic carbocycles. The maximum absolute atomic E-state index is 13.0. The summed E-state index contributed by atoms with van der Waals surface area (Å²) in [4.78, 5) is 2.05. The van der Waals surface area contributed by atoms with Gasteiger partial charge in [0, 0.05) is 42.3 Å². The molecule has 4 nitrogen and oxygen atoms in total. The van der Waals surface area contributed by atoms with Crippen LogP contribution < -0.4 is 4.90 Å². The van der Waals surface area contributed by atoms with E-state index in [1.165, 1.54) is 21.8 Å². The van der Waals surface area contributed by atoms with Gasteiger partial charge in [-0.15, -0.1) is 0 Å². The molecule has 0 unspecified atom stereocenters. The highest BCUT2D eigenvalue weighted by Gasteiger charge is 2.25. The highest BCUT2D eigenvalue weighted by molar-refractivity contribution is 7.92.